The lowest BCUT2D eigenvalue weighted by atomic mass is 10.1. The summed E-state index contributed by atoms with van der Waals surface area (Å²) in [7, 11) is 0. The molecule has 0 aliphatic carbocycles. The van der Waals surface area contributed by atoms with Gasteiger partial charge in [0, 0.05) is 19.3 Å². The molecule has 1 unspecified atom stereocenters. The molecule has 1 N–H and O–H groups in total. The molecule has 0 bridgehead atoms. The fraction of sp³-hybridized carbons (Fsp3) is 0.833. The van der Waals surface area contributed by atoms with Crippen LogP contribution in [0.1, 0.15) is 71.1 Å². The van der Waals surface area contributed by atoms with Crippen LogP contribution in [0.4, 0.5) is 0 Å². The highest BCUT2D eigenvalue weighted by Gasteiger charge is 2.19. The van der Waals surface area contributed by atoms with E-state index in [-0.39, 0.29) is 6.61 Å². The van der Waals surface area contributed by atoms with Gasteiger partial charge in [-0.3, -0.25) is 9.89 Å². The van der Waals surface area contributed by atoms with Gasteiger partial charge in [0.15, 0.2) is 0 Å². The van der Waals surface area contributed by atoms with E-state index in [4.69, 9.17) is 5.11 Å². The van der Waals surface area contributed by atoms with Crippen LogP contribution >= 0.6 is 0 Å². The van der Waals surface area contributed by atoms with Crippen LogP contribution in [-0.2, 0) is 0 Å². The maximum atomic E-state index is 9.00. The molecule has 0 aromatic rings. The Hall–Kier alpha value is -0.670. The molecule has 0 aromatic heterocycles. The number of unbranched alkanes of at least 4 members (excludes halogenated alkanes) is 8. The summed E-state index contributed by atoms with van der Waals surface area (Å²) in [5, 5.41) is 9.00. The smallest absolute Gasteiger partial charge is 0.102 e. The molecule has 0 saturated heterocycles. The number of β-amino-alcohol motifs (C(OH)–C–C–N with tert-alkyl or cyclic N) is 1. The lowest BCUT2D eigenvalue weighted by Crippen LogP contribution is -2.32. The molecule has 1 rings (SSSR count). The number of aliphatic hydroxyl groups is 1. The van der Waals surface area contributed by atoms with E-state index in [0.717, 1.165) is 19.5 Å². The molecule has 3 heteroatoms. The monoisotopic (exact) mass is 294 g/mol. The minimum absolute atomic E-state index is 0.244. The highest BCUT2D eigenvalue weighted by Crippen LogP contribution is 2.16. The average Bonchev–Trinajstić information content (AvgIpc) is 2.92. The number of nitrogens with zero attached hydrogens (tertiary/aromatic N) is 2. The zero-order chi connectivity index (χ0) is 15.2. The number of hydrogen-bond donors (Lipinski definition) is 1. The van der Waals surface area contributed by atoms with Crippen molar-refractivity contribution in [3.05, 3.63) is 12.2 Å². The Balaban J connectivity index is 1.85. The Morgan fingerprint density at radius 2 is 1.76 bits per heavy atom. The van der Waals surface area contributed by atoms with Gasteiger partial charge in [0.25, 0.3) is 0 Å². The van der Waals surface area contributed by atoms with Gasteiger partial charge in [0.05, 0.1) is 6.61 Å². The maximum Gasteiger partial charge on any atom is 0.102 e. The van der Waals surface area contributed by atoms with Crippen LogP contribution in [0.25, 0.3) is 0 Å². The zero-order valence-electron chi connectivity index (χ0n) is 13.8. The van der Waals surface area contributed by atoms with E-state index >= 15 is 0 Å². The summed E-state index contributed by atoms with van der Waals surface area (Å²) in [6.45, 7) is 4.02. The van der Waals surface area contributed by atoms with Crippen LogP contribution in [0.5, 0.6) is 0 Å². The summed E-state index contributed by atoms with van der Waals surface area (Å²) in [6.07, 6.45) is 20.0. The molecule has 1 atom stereocenters. The minimum atomic E-state index is 0.244. The van der Waals surface area contributed by atoms with Crippen molar-refractivity contribution in [3.63, 3.8) is 0 Å². The molecule has 0 radical (unpaired) electrons. The van der Waals surface area contributed by atoms with E-state index in [1.54, 1.807) is 0 Å². The highest BCUT2D eigenvalue weighted by molar-refractivity contribution is 5.62. The summed E-state index contributed by atoms with van der Waals surface area (Å²) < 4.78 is 0. The van der Waals surface area contributed by atoms with Crippen LogP contribution in [-0.4, -0.2) is 42.1 Å². The average molecular weight is 294 g/mol. The number of aliphatic hydroxyl groups excluding tert-OH is 1. The lowest BCUT2D eigenvalue weighted by Gasteiger charge is -2.21. The Morgan fingerprint density at radius 3 is 2.43 bits per heavy atom. The van der Waals surface area contributed by atoms with Gasteiger partial charge in [-0.05, 0) is 32.6 Å². The van der Waals surface area contributed by atoms with Gasteiger partial charge < -0.3 is 5.11 Å². The van der Waals surface area contributed by atoms with Gasteiger partial charge in [0.2, 0.25) is 0 Å². The Bertz CT molecular complexity index is 289. The van der Waals surface area contributed by atoms with Crippen molar-refractivity contribution in [2.75, 3.05) is 19.7 Å². The first-order valence-corrected chi connectivity index (χ1v) is 8.86. The molecule has 0 spiro atoms. The van der Waals surface area contributed by atoms with Gasteiger partial charge in [-0.1, -0.05) is 50.7 Å². The quantitative estimate of drug-likeness (QED) is 0.409. The summed E-state index contributed by atoms with van der Waals surface area (Å²) >= 11 is 0. The van der Waals surface area contributed by atoms with Crippen molar-refractivity contribution in [2.45, 2.75) is 77.3 Å². The fourth-order valence-electron chi connectivity index (χ4n) is 2.93. The summed E-state index contributed by atoms with van der Waals surface area (Å²) in [4.78, 5) is 6.77. The zero-order valence-corrected chi connectivity index (χ0v) is 13.8. The molecule has 0 aromatic carbocycles. The molecule has 0 fully saturated rings. The third-order valence-electron chi connectivity index (χ3n) is 4.22. The van der Waals surface area contributed by atoms with E-state index in [0.29, 0.717) is 6.17 Å². The van der Waals surface area contributed by atoms with Gasteiger partial charge in [0.1, 0.15) is 6.17 Å². The number of hydrogen-bond acceptors (Lipinski definition) is 3. The van der Waals surface area contributed by atoms with Crippen molar-refractivity contribution in [1.29, 1.82) is 0 Å². The molecule has 1 heterocycles. The predicted octanol–water partition coefficient (Wildman–Crippen LogP) is 4.17. The topological polar surface area (TPSA) is 35.8 Å². The Morgan fingerprint density at radius 1 is 1.10 bits per heavy atom. The first-order chi connectivity index (χ1) is 10.4. The van der Waals surface area contributed by atoms with E-state index in [1.807, 2.05) is 6.21 Å². The van der Waals surface area contributed by atoms with Crippen molar-refractivity contribution < 1.29 is 5.11 Å². The standard InChI is InChI=1S/C18H34N2O/c1-2-3-4-5-6-7-8-9-10-11-12-13-18-19-14-15-20(18)16-17-21/h2-3,14,18,21H,4-13,15-17H2,1H3/b3-2+. The van der Waals surface area contributed by atoms with E-state index in [2.05, 4.69) is 29.0 Å². The van der Waals surface area contributed by atoms with E-state index < -0.39 is 0 Å². The third kappa shape index (κ3) is 9.05. The fourth-order valence-corrected chi connectivity index (χ4v) is 2.93. The van der Waals surface area contributed by atoms with E-state index in [9.17, 15) is 0 Å². The molecule has 0 amide bonds. The van der Waals surface area contributed by atoms with Crippen LogP contribution in [0, 0.1) is 0 Å². The summed E-state index contributed by atoms with van der Waals surface area (Å²) in [6, 6.07) is 0. The number of aliphatic imine (C=N–C) groups is 1. The third-order valence-corrected chi connectivity index (χ3v) is 4.22. The summed E-state index contributed by atoms with van der Waals surface area (Å²) in [5.74, 6) is 0. The molecule has 3 nitrogen and oxygen atoms in total. The van der Waals surface area contributed by atoms with E-state index in [1.165, 1.54) is 57.8 Å². The SMILES string of the molecule is C/C=C/CCCCCCCCCCC1N=CCN1CCO. The highest BCUT2D eigenvalue weighted by atomic mass is 16.3. The molecule has 122 valence electrons. The second-order valence-electron chi connectivity index (χ2n) is 6.01. The maximum absolute atomic E-state index is 9.00. The second-order valence-corrected chi connectivity index (χ2v) is 6.01. The van der Waals surface area contributed by atoms with Gasteiger partial charge in [-0.15, -0.1) is 0 Å². The predicted molar refractivity (Wildman–Crippen MR) is 91.9 cm³/mol. The van der Waals surface area contributed by atoms with Crippen LogP contribution in [0.15, 0.2) is 17.1 Å². The van der Waals surface area contributed by atoms with Crippen LogP contribution in [0.2, 0.25) is 0 Å². The minimum Gasteiger partial charge on any atom is -0.395 e. The normalized spacial score (nSPS) is 19.0. The van der Waals surface area contributed by atoms with Gasteiger partial charge in [-0.2, -0.15) is 0 Å². The van der Waals surface area contributed by atoms with Crippen molar-refractivity contribution in [3.8, 4) is 0 Å². The Kier molecular flexibility index (Phi) is 11.4. The van der Waals surface area contributed by atoms with Crippen molar-refractivity contribution >= 4 is 6.21 Å². The van der Waals surface area contributed by atoms with Crippen molar-refractivity contribution in [1.82, 2.24) is 4.90 Å². The number of allylic oxidation sites excluding steroid dienone is 2. The molecule has 0 saturated carbocycles. The molecule has 1 aliphatic rings. The first-order valence-electron chi connectivity index (χ1n) is 8.86. The lowest BCUT2D eigenvalue weighted by molar-refractivity contribution is 0.176. The van der Waals surface area contributed by atoms with Crippen molar-refractivity contribution in [2.24, 2.45) is 4.99 Å². The second kappa shape index (κ2) is 13.0. The molecular formula is C18H34N2O. The van der Waals surface area contributed by atoms with Crippen LogP contribution < -0.4 is 0 Å². The number of rotatable bonds is 13. The van der Waals surface area contributed by atoms with Gasteiger partial charge >= 0.3 is 0 Å². The molecular weight excluding hydrogens is 260 g/mol. The van der Waals surface area contributed by atoms with Crippen LogP contribution in [0.3, 0.4) is 0 Å². The molecule has 21 heavy (non-hydrogen) atoms. The van der Waals surface area contributed by atoms with Gasteiger partial charge in [-0.25, -0.2) is 0 Å². The summed E-state index contributed by atoms with van der Waals surface area (Å²) in [5.41, 5.74) is 0. The largest absolute Gasteiger partial charge is 0.395 e. The first kappa shape index (κ1) is 18.4. The molecule has 1 aliphatic heterocycles. The Labute approximate surface area is 131 Å².